The lowest BCUT2D eigenvalue weighted by molar-refractivity contribution is -0.763. The van der Waals surface area contributed by atoms with Gasteiger partial charge in [-0.05, 0) is 36.2 Å². The van der Waals surface area contributed by atoms with Crippen molar-refractivity contribution in [2.75, 3.05) is 0 Å². The summed E-state index contributed by atoms with van der Waals surface area (Å²) in [5.41, 5.74) is 2.47. The Balaban J connectivity index is 1.63. The second-order valence-corrected chi connectivity index (χ2v) is 6.55. The van der Waals surface area contributed by atoms with E-state index in [1.165, 1.54) is 6.07 Å². The van der Waals surface area contributed by atoms with E-state index in [1.54, 1.807) is 37.3 Å². The molecule has 0 amide bonds. The summed E-state index contributed by atoms with van der Waals surface area (Å²) in [5.74, 6) is -1.63. The third kappa shape index (κ3) is 5.38. The van der Waals surface area contributed by atoms with Crippen LogP contribution in [-0.4, -0.2) is 16.0 Å². The van der Waals surface area contributed by atoms with E-state index in [0.717, 1.165) is 5.56 Å². The van der Waals surface area contributed by atoms with Crippen LogP contribution in [-0.2, 0) is 27.6 Å². The van der Waals surface area contributed by atoms with E-state index in [0.29, 0.717) is 22.5 Å². The normalized spacial score (nSPS) is 11.5. The third-order valence-electron chi connectivity index (χ3n) is 4.48. The fourth-order valence-corrected chi connectivity index (χ4v) is 2.87. The van der Waals surface area contributed by atoms with Gasteiger partial charge in [-0.25, -0.2) is 4.39 Å². The van der Waals surface area contributed by atoms with Crippen LogP contribution in [0.15, 0.2) is 66.7 Å². The molecule has 0 N–H and O–H groups in total. The zero-order valence-electron chi connectivity index (χ0n) is 16.2. The van der Waals surface area contributed by atoms with Gasteiger partial charge in [-0.3, -0.25) is 9.78 Å². The molecule has 30 heavy (non-hydrogen) atoms. The van der Waals surface area contributed by atoms with Gasteiger partial charge in [0.1, 0.15) is 19.0 Å². The van der Waals surface area contributed by atoms with Crippen molar-refractivity contribution in [3.05, 3.63) is 99.6 Å². The maximum atomic E-state index is 14.6. The van der Waals surface area contributed by atoms with Crippen LogP contribution in [0.2, 0.25) is 0 Å². The molecular weight excluding hydrogens is 391 g/mol. The van der Waals surface area contributed by atoms with Gasteiger partial charge < -0.3 is 9.57 Å². The first-order valence-electron chi connectivity index (χ1n) is 9.17. The molecule has 1 atom stereocenters. The van der Waals surface area contributed by atoms with Crippen LogP contribution in [0.25, 0.3) is 11.1 Å². The predicted molar refractivity (Wildman–Crippen MR) is 106 cm³/mol. The molecule has 0 fully saturated rings. The number of rotatable bonds is 8. The Hall–Kier alpha value is -3.81. The topological polar surface area (TPSA) is 91.6 Å². The van der Waals surface area contributed by atoms with Gasteiger partial charge >= 0.3 is 5.97 Å². The maximum Gasteiger partial charge on any atom is 0.313 e. The number of carbonyl (C=O) groups is 1. The van der Waals surface area contributed by atoms with Crippen LogP contribution in [0, 0.1) is 15.9 Å². The Morgan fingerprint density at radius 1 is 1.07 bits per heavy atom. The third-order valence-corrected chi connectivity index (χ3v) is 4.48. The number of ether oxygens (including phenoxy) is 1. The van der Waals surface area contributed by atoms with Gasteiger partial charge in [0, 0.05) is 5.56 Å². The van der Waals surface area contributed by atoms with E-state index in [2.05, 4.69) is 9.82 Å². The van der Waals surface area contributed by atoms with Crippen LogP contribution >= 0.6 is 0 Å². The van der Waals surface area contributed by atoms with Crippen molar-refractivity contribution in [1.29, 1.82) is 0 Å². The molecule has 1 aromatic heterocycles. The maximum absolute atomic E-state index is 14.6. The van der Waals surface area contributed by atoms with Gasteiger partial charge in [-0.2, -0.15) is 0 Å². The molecule has 0 saturated heterocycles. The quantitative estimate of drug-likeness (QED) is 0.310. The first-order valence-corrected chi connectivity index (χ1v) is 9.17. The summed E-state index contributed by atoms with van der Waals surface area (Å²) in [4.78, 5) is 31.1. The lowest BCUT2D eigenvalue weighted by Crippen LogP contribution is -2.14. The van der Waals surface area contributed by atoms with Gasteiger partial charge in [0.25, 0.3) is 5.09 Å². The molecule has 2 aromatic carbocycles. The molecule has 3 aromatic rings. The minimum Gasteiger partial charge on any atom is -0.459 e. The van der Waals surface area contributed by atoms with Crippen molar-refractivity contribution in [3.63, 3.8) is 0 Å². The highest BCUT2D eigenvalue weighted by atomic mass is 19.1. The number of hydrogen-bond donors (Lipinski definition) is 0. The molecule has 0 aliphatic carbocycles. The van der Waals surface area contributed by atoms with Gasteiger partial charge in [-0.1, -0.05) is 48.5 Å². The Morgan fingerprint density at radius 3 is 2.43 bits per heavy atom. The summed E-state index contributed by atoms with van der Waals surface area (Å²) in [6.45, 7) is 1.23. The number of hydrogen-bond acceptors (Lipinski definition) is 6. The van der Waals surface area contributed by atoms with Crippen LogP contribution in [0.3, 0.4) is 0 Å². The lowest BCUT2D eigenvalue weighted by atomic mass is 9.97. The summed E-state index contributed by atoms with van der Waals surface area (Å²) < 4.78 is 19.8. The molecule has 0 spiro atoms. The largest absolute Gasteiger partial charge is 0.459 e. The van der Waals surface area contributed by atoms with E-state index in [-0.39, 0.29) is 13.2 Å². The van der Waals surface area contributed by atoms with E-state index >= 15 is 0 Å². The second kappa shape index (κ2) is 9.60. The van der Waals surface area contributed by atoms with E-state index < -0.39 is 22.8 Å². The van der Waals surface area contributed by atoms with Crippen LogP contribution in [0.1, 0.15) is 29.8 Å². The number of nitrogens with zero attached hydrogens (tertiary/aromatic N) is 2. The zero-order valence-corrected chi connectivity index (χ0v) is 16.2. The molecule has 0 radical (unpaired) electrons. The fourth-order valence-electron chi connectivity index (χ4n) is 2.87. The number of esters is 1. The number of halogens is 1. The van der Waals surface area contributed by atoms with E-state index in [4.69, 9.17) is 4.74 Å². The molecule has 0 unspecified atom stereocenters. The summed E-state index contributed by atoms with van der Waals surface area (Å²) in [6.07, 6.45) is 0. The van der Waals surface area contributed by atoms with Crippen LogP contribution < -0.4 is 0 Å². The van der Waals surface area contributed by atoms with Gasteiger partial charge in [0.15, 0.2) is 0 Å². The molecule has 0 aliphatic heterocycles. The minimum absolute atomic E-state index is 0.111. The number of pyridine rings is 1. The molecule has 8 heteroatoms. The average Bonchev–Trinajstić information content (AvgIpc) is 2.76. The predicted octanol–water partition coefficient (Wildman–Crippen LogP) is 4.44. The van der Waals surface area contributed by atoms with Crippen molar-refractivity contribution in [1.82, 2.24) is 4.98 Å². The van der Waals surface area contributed by atoms with Crippen molar-refractivity contribution < 1.29 is 23.8 Å². The van der Waals surface area contributed by atoms with Crippen molar-refractivity contribution in [3.8, 4) is 11.1 Å². The standard InChI is InChI=1S/C22H19FN2O5/c1-15(17-10-11-20(21(23)12-17)16-6-3-2-4-7-16)22(26)29-13-18-8-5-9-19(24-18)14-30-25(27)28/h2-12,15H,13-14H2,1H3/t15-/m0/s1. The monoisotopic (exact) mass is 410 g/mol. The smallest absolute Gasteiger partial charge is 0.313 e. The summed E-state index contributed by atoms with van der Waals surface area (Å²) in [7, 11) is 0. The molecule has 0 saturated carbocycles. The van der Waals surface area contributed by atoms with E-state index in [1.807, 2.05) is 30.3 Å². The summed E-state index contributed by atoms with van der Waals surface area (Å²) in [5, 5.41) is 9.36. The molecular formula is C22H19FN2O5. The molecule has 0 bridgehead atoms. The summed E-state index contributed by atoms with van der Waals surface area (Å²) in [6, 6.07) is 18.6. The van der Waals surface area contributed by atoms with Crippen LogP contribution in [0.4, 0.5) is 4.39 Å². The Kier molecular flexibility index (Phi) is 6.69. The van der Waals surface area contributed by atoms with Crippen LogP contribution in [0.5, 0.6) is 0 Å². The number of aromatic nitrogens is 1. The van der Waals surface area contributed by atoms with Crippen molar-refractivity contribution >= 4 is 5.97 Å². The Morgan fingerprint density at radius 2 is 1.77 bits per heavy atom. The number of benzene rings is 2. The molecule has 154 valence electrons. The molecule has 3 rings (SSSR count). The summed E-state index contributed by atoms with van der Waals surface area (Å²) >= 11 is 0. The molecule has 7 nitrogen and oxygen atoms in total. The first kappa shape index (κ1) is 20.9. The van der Waals surface area contributed by atoms with E-state index in [9.17, 15) is 19.3 Å². The van der Waals surface area contributed by atoms with Gasteiger partial charge in [-0.15, -0.1) is 10.1 Å². The molecule has 0 aliphatic rings. The zero-order chi connectivity index (χ0) is 21.5. The van der Waals surface area contributed by atoms with Crippen molar-refractivity contribution in [2.24, 2.45) is 0 Å². The lowest BCUT2D eigenvalue weighted by Gasteiger charge is -2.13. The first-order chi connectivity index (χ1) is 14.4. The van der Waals surface area contributed by atoms with Crippen molar-refractivity contribution in [2.45, 2.75) is 26.1 Å². The SMILES string of the molecule is C[C@H](C(=O)OCc1cccc(CO[N+](=O)[O-])n1)c1ccc(-c2ccccc2)c(F)c1. The number of carbonyl (C=O) groups excluding carboxylic acids is 1. The van der Waals surface area contributed by atoms with Gasteiger partial charge in [0.05, 0.1) is 17.3 Å². The minimum atomic E-state index is -0.905. The fraction of sp³-hybridized carbons (Fsp3) is 0.182. The Labute approximate surface area is 172 Å². The van der Waals surface area contributed by atoms with Gasteiger partial charge in [0.2, 0.25) is 0 Å². The molecule has 1 heterocycles. The average molecular weight is 410 g/mol. The highest BCUT2D eigenvalue weighted by Gasteiger charge is 2.19. The second-order valence-electron chi connectivity index (χ2n) is 6.55. The highest BCUT2D eigenvalue weighted by molar-refractivity contribution is 5.78. The Bertz CT molecular complexity index is 1040. The highest BCUT2D eigenvalue weighted by Crippen LogP contribution is 2.26.